The summed E-state index contributed by atoms with van der Waals surface area (Å²) in [5, 5.41) is 12.3. The van der Waals surface area contributed by atoms with Crippen LogP contribution in [-0.4, -0.2) is 47.1 Å². The molecule has 3 aromatic heterocycles. The summed E-state index contributed by atoms with van der Waals surface area (Å²) in [6, 6.07) is 12.1. The number of aromatic nitrogens is 6. The number of aryl methyl sites for hydroxylation is 2. The minimum absolute atomic E-state index is 0.0936. The number of aliphatic hydroxyl groups excluding tert-OH is 1. The first-order valence-corrected chi connectivity index (χ1v) is 13.5. The Hall–Kier alpha value is -4.66. The molecule has 9 nitrogen and oxygen atoms in total. The van der Waals surface area contributed by atoms with Crippen LogP contribution in [0, 0.1) is 0 Å². The second-order valence-corrected chi connectivity index (χ2v) is 9.97. The van der Waals surface area contributed by atoms with Gasteiger partial charge in [-0.2, -0.15) is 13.2 Å². The average Bonchev–Trinajstić information content (AvgIpc) is 3.57. The van der Waals surface area contributed by atoms with Crippen LogP contribution < -0.4 is 10.1 Å². The summed E-state index contributed by atoms with van der Waals surface area (Å²) in [4.78, 5) is 17.5. The van der Waals surface area contributed by atoms with E-state index in [-0.39, 0.29) is 30.5 Å². The van der Waals surface area contributed by atoms with Crippen molar-refractivity contribution < 1.29 is 36.2 Å². The highest BCUT2D eigenvalue weighted by atomic mass is 19.4. The molecule has 0 fully saturated rings. The van der Waals surface area contributed by atoms with Gasteiger partial charge in [-0.1, -0.05) is 24.3 Å². The van der Waals surface area contributed by atoms with Crippen molar-refractivity contribution in [2.45, 2.75) is 44.9 Å². The molecule has 0 aliphatic carbocycles. The molecule has 3 heterocycles. The third kappa shape index (κ3) is 7.27. The van der Waals surface area contributed by atoms with E-state index >= 15 is 0 Å². The number of nitrogens with zero attached hydrogens (tertiary/aromatic N) is 6. The molecular weight excluding hydrogens is 592 g/mol. The maximum Gasteiger partial charge on any atom is 0.573 e. The Morgan fingerprint density at radius 1 is 0.864 bits per heavy atom. The number of halogens is 6. The summed E-state index contributed by atoms with van der Waals surface area (Å²) in [5.41, 5.74) is 1.79. The van der Waals surface area contributed by atoms with Crippen LogP contribution in [0.2, 0.25) is 0 Å². The van der Waals surface area contributed by atoms with Gasteiger partial charge in [-0.05, 0) is 49.1 Å². The van der Waals surface area contributed by atoms with Gasteiger partial charge in [0.15, 0.2) is 23.0 Å². The maximum atomic E-state index is 13.1. The Bertz CT molecular complexity index is 1710. The van der Waals surface area contributed by atoms with Gasteiger partial charge >= 0.3 is 12.5 Å². The summed E-state index contributed by atoms with van der Waals surface area (Å²) in [7, 11) is 1.49. The number of nitrogens with one attached hydrogen (secondary N) is 1. The van der Waals surface area contributed by atoms with Gasteiger partial charge in [0.25, 0.3) is 0 Å². The zero-order valence-electron chi connectivity index (χ0n) is 23.3. The molecule has 0 unspecified atom stereocenters. The lowest BCUT2D eigenvalue weighted by Gasteiger charge is -2.12. The number of hydrogen-bond acceptors (Lipinski definition) is 7. The van der Waals surface area contributed by atoms with E-state index in [1.165, 1.54) is 35.9 Å². The third-order valence-electron chi connectivity index (χ3n) is 6.71. The Balaban J connectivity index is 1.40. The van der Waals surface area contributed by atoms with Crippen LogP contribution in [0.15, 0.2) is 61.1 Å². The fraction of sp³-hybridized carbons (Fsp3) is 0.310. The maximum absolute atomic E-state index is 13.1. The molecule has 2 aromatic carbocycles. The topological polar surface area (TPSA) is 103 Å². The molecule has 0 bridgehead atoms. The number of hydrogen-bond donors (Lipinski definition) is 2. The molecule has 44 heavy (non-hydrogen) atoms. The van der Waals surface area contributed by atoms with Crippen molar-refractivity contribution in [3.8, 4) is 28.5 Å². The first-order chi connectivity index (χ1) is 20.9. The van der Waals surface area contributed by atoms with Crippen molar-refractivity contribution in [1.82, 2.24) is 29.1 Å². The predicted molar refractivity (Wildman–Crippen MR) is 149 cm³/mol. The van der Waals surface area contributed by atoms with Gasteiger partial charge < -0.3 is 24.3 Å². The molecule has 0 spiro atoms. The van der Waals surface area contributed by atoms with Gasteiger partial charge in [-0.25, -0.2) is 19.9 Å². The smallest absolute Gasteiger partial charge is 0.406 e. The minimum Gasteiger partial charge on any atom is -0.406 e. The summed E-state index contributed by atoms with van der Waals surface area (Å²) in [6.45, 7) is 0.952. The van der Waals surface area contributed by atoms with Crippen molar-refractivity contribution in [3.63, 3.8) is 0 Å². The van der Waals surface area contributed by atoms with Gasteiger partial charge in [0, 0.05) is 44.1 Å². The van der Waals surface area contributed by atoms with Crippen LogP contribution in [0.3, 0.4) is 0 Å². The normalized spacial score (nSPS) is 12.2. The van der Waals surface area contributed by atoms with Gasteiger partial charge in [0.05, 0.1) is 6.33 Å². The van der Waals surface area contributed by atoms with E-state index in [0.29, 0.717) is 41.1 Å². The number of anilines is 1. The molecular formula is C29H27F6N7O2. The number of unbranched alkanes of at least 4 members (excludes halogenated alkanes) is 2. The zero-order valence-corrected chi connectivity index (χ0v) is 23.3. The minimum atomic E-state index is -4.82. The highest BCUT2D eigenvalue weighted by molar-refractivity contribution is 5.85. The molecule has 0 aliphatic rings. The molecule has 5 rings (SSSR count). The van der Waals surface area contributed by atoms with Crippen LogP contribution in [-0.2, 0) is 26.3 Å². The van der Waals surface area contributed by atoms with E-state index in [2.05, 4.69) is 30.0 Å². The number of benzene rings is 2. The van der Waals surface area contributed by atoms with Crippen LogP contribution in [0.4, 0.5) is 32.2 Å². The highest BCUT2D eigenvalue weighted by Crippen LogP contribution is 2.31. The summed E-state index contributed by atoms with van der Waals surface area (Å²) < 4.78 is 84.2. The fourth-order valence-electron chi connectivity index (χ4n) is 4.57. The van der Waals surface area contributed by atoms with E-state index < -0.39 is 18.2 Å². The second-order valence-electron chi connectivity index (χ2n) is 9.97. The molecule has 232 valence electrons. The fourth-order valence-corrected chi connectivity index (χ4v) is 4.57. The number of ether oxygens (including phenoxy) is 1. The van der Waals surface area contributed by atoms with Crippen LogP contribution >= 0.6 is 0 Å². The highest BCUT2D eigenvalue weighted by Gasteiger charge is 2.34. The molecule has 15 heteroatoms. The van der Waals surface area contributed by atoms with Gasteiger partial charge in [-0.15, -0.1) is 13.2 Å². The summed E-state index contributed by atoms with van der Waals surface area (Å²) in [5.74, 6) is 0.437. The number of aliphatic hydroxyl groups is 1. The second kappa shape index (κ2) is 12.5. The molecule has 0 amide bonds. The van der Waals surface area contributed by atoms with Gasteiger partial charge in [0.1, 0.15) is 17.1 Å². The van der Waals surface area contributed by atoms with Gasteiger partial charge in [-0.3, -0.25) is 0 Å². The quantitative estimate of drug-likeness (QED) is 0.127. The lowest BCUT2D eigenvalue weighted by molar-refractivity contribution is -0.274. The van der Waals surface area contributed by atoms with E-state index in [1.807, 2.05) is 4.57 Å². The average molecular weight is 620 g/mol. The van der Waals surface area contributed by atoms with Crippen molar-refractivity contribution in [2.75, 3.05) is 11.9 Å². The van der Waals surface area contributed by atoms with Crippen LogP contribution in [0.25, 0.3) is 33.9 Å². The predicted octanol–water partition coefficient (Wildman–Crippen LogP) is 6.59. The number of rotatable bonds is 11. The molecule has 5 aromatic rings. The van der Waals surface area contributed by atoms with Gasteiger partial charge in [0.2, 0.25) is 0 Å². The van der Waals surface area contributed by atoms with E-state index in [9.17, 15) is 26.3 Å². The molecule has 2 N–H and O–H groups in total. The van der Waals surface area contributed by atoms with Crippen molar-refractivity contribution >= 4 is 17.0 Å². The standard InChI is InChI=1S/C29H27F6N7O2/c1-41-16-22(28(30,31)32)38-26(41)20-7-5-18(6-8-20)15-36-25-23-27(42(17-37-23)13-3-2-4-14-43)40-24(39-25)19-9-11-21(12-10-19)44-29(33,34)35/h5-12,16-17,43H,2-4,13-15H2,1H3,(H,36,39,40). The Kier molecular flexibility index (Phi) is 8.76. The first kappa shape index (κ1) is 30.8. The Morgan fingerprint density at radius 2 is 1.57 bits per heavy atom. The molecule has 0 aliphatic heterocycles. The van der Waals surface area contributed by atoms with E-state index in [0.717, 1.165) is 24.6 Å². The van der Waals surface area contributed by atoms with Crippen molar-refractivity contribution in [1.29, 1.82) is 0 Å². The first-order valence-electron chi connectivity index (χ1n) is 13.5. The Morgan fingerprint density at radius 3 is 2.20 bits per heavy atom. The Labute approximate surface area is 247 Å². The molecule has 0 saturated heterocycles. The molecule has 0 atom stereocenters. The number of alkyl halides is 6. The zero-order chi connectivity index (χ0) is 31.5. The third-order valence-corrected chi connectivity index (χ3v) is 6.71. The molecule has 0 radical (unpaired) electrons. The lowest BCUT2D eigenvalue weighted by Crippen LogP contribution is -2.16. The monoisotopic (exact) mass is 619 g/mol. The number of imidazole rings is 2. The lowest BCUT2D eigenvalue weighted by atomic mass is 10.1. The summed E-state index contributed by atoms with van der Waals surface area (Å²) in [6.07, 6.45) is -4.58. The molecule has 0 saturated carbocycles. The SMILES string of the molecule is Cn1cc(C(F)(F)F)nc1-c1ccc(CNc2nc(-c3ccc(OC(F)(F)F)cc3)nc3c2ncn3CCCCCO)cc1. The van der Waals surface area contributed by atoms with Crippen LogP contribution in [0.1, 0.15) is 30.5 Å². The summed E-state index contributed by atoms with van der Waals surface area (Å²) >= 11 is 0. The van der Waals surface area contributed by atoms with E-state index in [1.54, 1.807) is 30.6 Å². The van der Waals surface area contributed by atoms with E-state index in [4.69, 9.17) is 5.11 Å². The number of fused-ring (bicyclic) bond motifs is 1. The van der Waals surface area contributed by atoms with Crippen molar-refractivity contribution in [2.24, 2.45) is 7.05 Å². The van der Waals surface area contributed by atoms with Crippen LogP contribution in [0.5, 0.6) is 5.75 Å². The largest absolute Gasteiger partial charge is 0.573 e. The van der Waals surface area contributed by atoms with Crippen molar-refractivity contribution in [3.05, 3.63) is 72.3 Å².